The highest BCUT2D eigenvalue weighted by Gasteiger charge is 2.15. The number of nitrogens with zero attached hydrogens (tertiary/aromatic N) is 1. The van der Waals surface area contributed by atoms with E-state index >= 15 is 0 Å². The third kappa shape index (κ3) is 1.59. The molecule has 0 aliphatic carbocycles. The summed E-state index contributed by atoms with van der Waals surface area (Å²) in [6.07, 6.45) is 2.19. The van der Waals surface area contributed by atoms with E-state index in [1.165, 1.54) is 11.1 Å². The van der Waals surface area contributed by atoms with Crippen molar-refractivity contribution >= 4 is 21.4 Å². The largest absolute Gasteiger partial charge is 0.311 e. The highest BCUT2D eigenvalue weighted by Crippen LogP contribution is 2.26. The Balaban J connectivity index is 2.69. The van der Waals surface area contributed by atoms with Gasteiger partial charge in [-0.25, -0.2) is 0 Å². The van der Waals surface area contributed by atoms with Gasteiger partial charge < -0.3 is 4.40 Å². The van der Waals surface area contributed by atoms with E-state index in [0.29, 0.717) is 0 Å². The lowest BCUT2D eigenvalue weighted by molar-refractivity contribution is 0.590. The summed E-state index contributed by atoms with van der Waals surface area (Å²) in [5.41, 5.74) is 2.82. The molecule has 0 amide bonds. The monoisotopic (exact) mass is 251 g/mol. The number of aromatic nitrogens is 1. The average molecular weight is 252 g/mol. The van der Waals surface area contributed by atoms with Crippen LogP contribution in [0.15, 0.2) is 35.1 Å². The number of hydrogen-bond donors (Lipinski definition) is 0. The molecule has 1 nitrogen and oxygen atoms in total. The van der Waals surface area contributed by atoms with E-state index in [9.17, 15) is 0 Å². The van der Waals surface area contributed by atoms with Crippen LogP contribution in [0.4, 0.5) is 0 Å². The fourth-order valence-corrected chi connectivity index (χ4v) is 1.97. The van der Waals surface area contributed by atoms with Crippen LogP contribution in [0.5, 0.6) is 0 Å². The van der Waals surface area contributed by atoms with Crippen molar-refractivity contribution in [3.63, 3.8) is 0 Å². The molecule has 74 valence electrons. The van der Waals surface area contributed by atoms with Gasteiger partial charge in [-0.1, -0.05) is 26.8 Å². The summed E-state index contributed by atoms with van der Waals surface area (Å²) >= 11 is 3.54. The van der Waals surface area contributed by atoms with Crippen molar-refractivity contribution in [2.75, 3.05) is 0 Å². The van der Waals surface area contributed by atoms with Gasteiger partial charge in [0.25, 0.3) is 0 Å². The van der Waals surface area contributed by atoms with Gasteiger partial charge in [0.1, 0.15) is 0 Å². The van der Waals surface area contributed by atoms with Gasteiger partial charge in [-0.05, 0) is 45.1 Å². The molecule has 2 heterocycles. The highest BCUT2D eigenvalue weighted by atomic mass is 79.9. The molecule has 0 aliphatic rings. The number of hydrogen-bond acceptors (Lipinski definition) is 0. The first kappa shape index (κ1) is 9.78. The Labute approximate surface area is 92.9 Å². The Morgan fingerprint density at radius 2 is 1.93 bits per heavy atom. The zero-order valence-corrected chi connectivity index (χ0v) is 10.3. The zero-order chi connectivity index (χ0) is 10.3. The van der Waals surface area contributed by atoms with Gasteiger partial charge in [0.05, 0.1) is 4.60 Å². The topological polar surface area (TPSA) is 4.41 Å². The van der Waals surface area contributed by atoms with Gasteiger partial charge in [0.2, 0.25) is 0 Å². The molecule has 0 aromatic carbocycles. The van der Waals surface area contributed by atoms with Gasteiger partial charge in [0.15, 0.2) is 0 Å². The Kier molecular flexibility index (Phi) is 2.18. The van der Waals surface area contributed by atoms with Gasteiger partial charge in [-0.3, -0.25) is 0 Å². The molecule has 2 aromatic heterocycles. The fourth-order valence-electron chi connectivity index (χ4n) is 1.51. The predicted octanol–water partition coefficient (Wildman–Crippen LogP) is 4.00. The van der Waals surface area contributed by atoms with E-state index in [1.54, 1.807) is 0 Å². The summed E-state index contributed by atoms with van der Waals surface area (Å²) in [7, 11) is 0. The van der Waals surface area contributed by atoms with E-state index in [4.69, 9.17) is 0 Å². The Morgan fingerprint density at radius 3 is 2.50 bits per heavy atom. The van der Waals surface area contributed by atoms with Crippen LogP contribution in [0.25, 0.3) is 5.52 Å². The molecule has 14 heavy (non-hydrogen) atoms. The van der Waals surface area contributed by atoms with Gasteiger partial charge in [0, 0.05) is 11.7 Å². The number of pyridine rings is 1. The van der Waals surface area contributed by atoms with E-state index in [0.717, 1.165) is 4.60 Å². The maximum atomic E-state index is 3.54. The predicted molar refractivity (Wildman–Crippen MR) is 63.8 cm³/mol. The molecular formula is C12H14BrN. The number of rotatable bonds is 0. The normalized spacial score (nSPS) is 12.3. The first-order chi connectivity index (χ1) is 6.48. The highest BCUT2D eigenvalue weighted by molar-refractivity contribution is 9.10. The standard InChI is InChI=1S/C12H14BrN/c1-12(2,3)9-7-10-5-4-6-11(13)14(10)8-9/h4-8H,1-3H3. The van der Waals surface area contributed by atoms with E-state index in [1.807, 2.05) is 0 Å². The van der Waals surface area contributed by atoms with Crippen LogP contribution in [0.2, 0.25) is 0 Å². The van der Waals surface area contributed by atoms with Crippen LogP contribution in [0.1, 0.15) is 26.3 Å². The van der Waals surface area contributed by atoms with Crippen molar-refractivity contribution in [1.82, 2.24) is 4.40 Å². The van der Waals surface area contributed by atoms with Crippen molar-refractivity contribution in [3.8, 4) is 0 Å². The molecule has 0 radical (unpaired) electrons. The lowest BCUT2D eigenvalue weighted by Crippen LogP contribution is -2.09. The van der Waals surface area contributed by atoms with Crippen LogP contribution in [0, 0.1) is 0 Å². The van der Waals surface area contributed by atoms with Crippen LogP contribution < -0.4 is 0 Å². The summed E-state index contributed by atoms with van der Waals surface area (Å²) < 4.78 is 3.27. The minimum absolute atomic E-state index is 0.214. The maximum Gasteiger partial charge on any atom is 0.0891 e. The van der Waals surface area contributed by atoms with Crippen LogP contribution in [0.3, 0.4) is 0 Å². The molecule has 2 aromatic rings. The fraction of sp³-hybridized carbons (Fsp3) is 0.333. The second kappa shape index (κ2) is 3.13. The van der Waals surface area contributed by atoms with Crippen molar-refractivity contribution < 1.29 is 0 Å². The van der Waals surface area contributed by atoms with Gasteiger partial charge >= 0.3 is 0 Å². The van der Waals surface area contributed by atoms with Gasteiger partial charge in [-0.2, -0.15) is 0 Å². The SMILES string of the molecule is CC(C)(C)c1cc2cccc(Br)n2c1. The van der Waals surface area contributed by atoms with E-state index in [2.05, 4.69) is 71.6 Å². The average Bonchev–Trinajstić information content (AvgIpc) is 2.48. The van der Waals surface area contributed by atoms with Gasteiger partial charge in [-0.15, -0.1) is 0 Å². The minimum Gasteiger partial charge on any atom is -0.311 e. The molecule has 2 heteroatoms. The lowest BCUT2D eigenvalue weighted by Gasteiger charge is -2.15. The van der Waals surface area contributed by atoms with Crippen LogP contribution in [-0.2, 0) is 5.41 Å². The quantitative estimate of drug-likeness (QED) is 0.624. The summed E-state index contributed by atoms with van der Waals surface area (Å²) in [5, 5.41) is 0. The first-order valence-corrected chi connectivity index (χ1v) is 5.55. The van der Waals surface area contributed by atoms with E-state index in [-0.39, 0.29) is 5.41 Å². The molecule has 0 bridgehead atoms. The molecule has 2 rings (SSSR count). The number of fused-ring (bicyclic) bond motifs is 1. The maximum absolute atomic E-state index is 3.54. The summed E-state index contributed by atoms with van der Waals surface area (Å²) in [6.45, 7) is 6.70. The molecule has 0 saturated heterocycles. The Morgan fingerprint density at radius 1 is 1.21 bits per heavy atom. The zero-order valence-electron chi connectivity index (χ0n) is 8.71. The molecular weight excluding hydrogens is 238 g/mol. The summed E-state index contributed by atoms with van der Waals surface area (Å²) in [5.74, 6) is 0. The molecule has 0 spiro atoms. The van der Waals surface area contributed by atoms with Crippen LogP contribution >= 0.6 is 15.9 Å². The molecule has 0 saturated carbocycles. The Hall–Kier alpha value is -0.760. The first-order valence-electron chi connectivity index (χ1n) is 4.75. The molecule has 0 atom stereocenters. The molecule has 0 N–H and O–H groups in total. The second-order valence-corrected chi connectivity index (χ2v) is 5.43. The minimum atomic E-state index is 0.214. The third-order valence-electron chi connectivity index (χ3n) is 2.45. The molecule has 0 aliphatic heterocycles. The Bertz CT molecular complexity index is 463. The van der Waals surface area contributed by atoms with Crippen molar-refractivity contribution in [2.45, 2.75) is 26.2 Å². The second-order valence-electron chi connectivity index (χ2n) is 4.62. The number of halogens is 1. The molecule has 0 fully saturated rings. The lowest BCUT2D eigenvalue weighted by atomic mass is 9.89. The summed E-state index contributed by atoms with van der Waals surface area (Å²) in [6, 6.07) is 8.48. The van der Waals surface area contributed by atoms with Crippen molar-refractivity contribution in [2.24, 2.45) is 0 Å². The smallest absolute Gasteiger partial charge is 0.0891 e. The third-order valence-corrected chi connectivity index (χ3v) is 3.09. The van der Waals surface area contributed by atoms with Crippen molar-refractivity contribution in [1.29, 1.82) is 0 Å². The van der Waals surface area contributed by atoms with Crippen LogP contribution in [-0.4, -0.2) is 4.40 Å². The van der Waals surface area contributed by atoms with E-state index < -0.39 is 0 Å². The molecule has 0 unspecified atom stereocenters. The summed E-state index contributed by atoms with van der Waals surface area (Å²) in [4.78, 5) is 0. The van der Waals surface area contributed by atoms with Crippen molar-refractivity contribution in [3.05, 3.63) is 40.6 Å².